The summed E-state index contributed by atoms with van der Waals surface area (Å²) in [4.78, 5) is 22.3. The number of hydrogen-bond donors (Lipinski definition) is 0. The molecule has 0 radical (unpaired) electrons. The van der Waals surface area contributed by atoms with Crippen LogP contribution in [0.4, 0.5) is 0 Å². The second-order valence-corrected chi connectivity index (χ2v) is 4.83. The van der Waals surface area contributed by atoms with E-state index in [0.29, 0.717) is 12.8 Å². The highest BCUT2D eigenvalue weighted by atomic mass is 16.1. The van der Waals surface area contributed by atoms with Gasteiger partial charge in [-0.05, 0) is 23.5 Å². The van der Waals surface area contributed by atoms with Gasteiger partial charge in [-0.3, -0.25) is 0 Å². The lowest BCUT2D eigenvalue weighted by Gasteiger charge is -2.23. The average molecular weight is 266 g/mol. The first-order valence-electron chi connectivity index (χ1n) is 6.85. The van der Waals surface area contributed by atoms with Gasteiger partial charge in [0.1, 0.15) is 12.6 Å². The van der Waals surface area contributed by atoms with E-state index in [-0.39, 0.29) is 11.8 Å². The smallest absolute Gasteiger partial charge is 0.128 e. The number of carbonyl (C=O) groups is 2. The fraction of sp³-hybridized carbons (Fsp3) is 0.222. The molecule has 0 N–H and O–H groups in total. The van der Waals surface area contributed by atoms with Crippen molar-refractivity contribution in [3.63, 3.8) is 0 Å². The topological polar surface area (TPSA) is 34.1 Å². The van der Waals surface area contributed by atoms with Crippen LogP contribution < -0.4 is 0 Å². The summed E-state index contributed by atoms with van der Waals surface area (Å²) in [6, 6.07) is 19.7. The molecular weight excluding hydrogens is 248 g/mol. The Bertz CT molecular complexity index is 534. The summed E-state index contributed by atoms with van der Waals surface area (Å²) < 4.78 is 0. The van der Waals surface area contributed by atoms with Gasteiger partial charge in [-0.25, -0.2) is 0 Å². The Balaban J connectivity index is 2.33. The zero-order chi connectivity index (χ0) is 14.2. The summed E-state index contributed by atoms with van der Waals surface area (Å²) in [6.45, 7) is 0. The Labute approximate surface area is 119 Å². The van der Waals surface area contributed by atoms with Crippen LogP contribution in [0.15, 0.2) is 60.7 Å². The van der Waals surface area contributed by atoms with Crippen molar-refractivity contribution in [2.75, 3.05) is 0 Å². The molecule has 0 bridgehead atoms. The molecule has 102 valence electrons. The van der Waals surface area contributed by atoms with Crippen molar-refractivity contribution in [3.8, 4) is 0 Å². The first-order valence-corrected chi connectivity index (χ1v) is 6.85. The molecule has 0 aliphatic heterocycles. The van der Waals surface area contributed by atoms with E-state index in [2.05, 4.69) is 0 Å². The molecule has 0 heterocycles. The summed E-state index contributed by atoms with van der Waals surface area (Å²) in [5, 5.41) is 0. The van der Waals surface area contributed by atoms with Gasteiger partial charge in [0.25, 0.3) is 0 Å². The highest BCUT2D eigenvalue weighted by molar-refractivity contribution is 5.65. The van der Waals surface area contributed by atoms with Crippen molar-refractivity contribution in [1.82, 2.24) is 0 Å². The molecule has 2 unspecified atom stereocenters. The van der Waals surface area contributed by atoms with Gasteiger partial charge >= 0.3 is 0 Å². The van der Waals surface area contributed by atoms with Crippen LogP contribution in [-0.2, 0) is 9.59 Å². The van der Waals surface area contributed by atoms with E-state index in [9.17, 15) is 9.59 Å². The van der Waals surface area contributed by atoms with E-state index in [1.54, 1.807) is 0 Å². The van der Waals surface area contributed by atoms with E-state index >= 15 is 0 Å². The first-order chi connectivity index (χ1) is 9.86. The molecule has 0 aliphatic carbocycles. The van der Waals surface area contributed by atoms with Crippen LogP contribution in [0.2, 0.25) is 0 Å². The van der Waals surface area contributed by atoms with Gasteiger partial charge in [0.15, 0.2) is 0 Å². The molecular formula is C18H18O2. The molecule has 2 rings (SSSR count). The average Bonchev–Trinajstić information content (AvgIpc) is 2.53. The third-order valence-corrected chi connectivity index (χ3v) is 3.59. The lowest BCUT2D eigenvalue weighted by molar-refractivity contribution is -0.110. The van der Waals surface area contributed by atoms with Crippen LogP contribution in [0.5, 0.6) is 0 Å². The first kappa shape index (κ1) is 14.2. The fourth-order valence-corrected chi connectivity index (χ4v) is 2.58. The number of benzene rings is 2. The molecule has 0 spiro atoms. The zero-order valence-electron chi connectivity index (χ0n) is 11.3. The SMILES string of the molecule is O=CCCC(c1ccccc1)C(C=O)c1ccccc1. The minimum Gasteiger partial charge on any atom is -0.303 e. The summed E-state index contributed by atoms with van der Waals surface area (Å²) >= 11 is 0. The molecule has 0 aliphatic rings. The quantitative estimate of drug-likeness (QED) is 0.715. The van der Waals surface area contributed by atoms with Crippen molar-refractivity contribution in [2.45, 2.75) is 24.7 Å². The third-order valence-electron chi connectivity index (χ3n) is 3.59. The van der Waals surface area contributed by atoms with Crippen LogP contribution in [0.1, 0.15) is 35.8 Å². The predicted molar refractivity (Wildman–Crippen MR) is 79.7 cm³/mol. The van der Waals surface area contributed by atoms with E-state index in [1.165, 1.54) is 0 Å². The zero-order valence-corrected chi connectivity index (χ0v) is 11.3. The van der Waals surface area contributed by atoms with Gasteiger partial charge in [0.05, 0.1) is 0 Å². The molecule has 2 aromatic rings. The highest BCUT2D eigenvalue weighted by Crippen LogP contribution is 2.34. The molecule has 0 fully saturated rings. The van der Waals surface area contributed by atoms with Crippen LogP contribution in [0, 0.1) is 0 Å². The van der Waals surface area contributed by atoms with Crippen LogP contribution in [0.3, 0.4) is 0 Å². The lowest BCUT2D eigenvalue weighted by Crippen LogP contribution is -2.13. The normalized spacial score (nSPS) is 13.4. The Morgan fingerprint density at radius 2 is 1.35 bits per heavy atom. The van der Waals surface area contributed by atoms with Gasteiger partial charge in [0, 0.05) is 12.3 Å². The summed E-state index contributed by atoms with van der Waals surface area (Å²) in [5.41, 5.74) is 2.11. The maximum absolute atomic E-state index is 11.6. The van der Waals surface area contributed by atoms with Crippen molar-refractivity contribution in [2.24, 2.45) is 0 Å². The lowest BCUT2D eigenvalue weighted by atomic mass is 9.80. The minimum atomic E-state index is -0.210. The van der Waals surface area contributed by atoms with Gasteiger partial charge < -0.3 is 9.59 Å². The van der Waals surface area contributed by atoms with Crippen molar-refractivity contribution >= 4 is 12.6 Å². The molecule has 2 aromatic carbocycles. The summed E-state index contributed by atoms with van der Waals surface area (Å²) in [7, 11) is 0. The van der Waals surface area contributed by atoms with Gasteiger partial charge in [-0.2, -0.15) is 0 Å². The molecule has 0 amide bonds. The standard InChI is InChI=1S/C18H18O2/c19-13-7-12-17(15-8-3-1-4-9-15)18(14-20)16-10-5-2-6-11-16/h1-6,8-11,13-14,17-18H,7,12H2. The molecule has 2 atom stereocenters. The van der Waals surface area contributed by atoms with Crippen molar-refractivity contribution in [3.05, 3.63) is 71.8 Å². The largest absolute Gasteiger partial charge is 0.303 e. The van der Waals surface area contributed by atoms with Crippen molar-refractivity contribution in [1.29, 1.82) is 0 Å². The Morgan fingerprint density at radius 1 is 0.800 bits per heavy atom. The maximum Gasteiger partial charge on any atom is 0.128 e. The van der Waals surface area contributed by atoms with Gasteiger partial charge in [-0.15, -0.1) is 0 Å². The van der Waals surface area contributed by atoms with Crippen molar-refractivity contribution < 1.29 is 9.59 Å². The number of hydrogen-bond acceptors (Lipinski definition) is 2. The molecule has 2 nitrogen and oxygen atoms in total. The second kappa shape index (κ2) is 7.39. The molecule has 2 heteroatoms. The number of rotatable bonds is 7. The van der Waals surface area contributed by atoms with Gasteiger partial charge in [0.2, 0.25) is 0 Å². The monoisotopic (exact) mass is 266 g/mol. The van der Waals surface area contributed by atoms with Crippen LogP contribution in [-0.4, -0.2) is 12.6 Å². The minimum absolute atomic E-state index is 0.0429. The Morgan fingerprint density at radius 3 is 1.85 bits per heavy atom. The molecule has 0 saturated carbocycles. The second-order valence-electron chi connectivity index (χ2n) is 4.83. The Kier molecular flexibility index (Phi) is 5.24. The fourth-order valence-electron chi connectivity index (χ4n) is 2.58. The van der Waals surface area contributed by atoms with Gasteiger partial charge in [-0.1, -0.05) is 60.7 Å². The van der Waals surface area contributed by atoms with E-state index in [4.69, 9.17) is 0 Å². The summed E-state index contributed by atoms with van der Waals surface area (Å²) in [6.07, 6.45) is 3.07. The summed E-state index contributed by atoms with van der Waals surface area (Å²) in [5.74, 6) is -0.167. The predicted octanol–water partition coefficient (Wildman–Crippen LogP) is 3.73. The van der Waals surface area contributed by atoms with Crippen LogP contribution in [0.25, 0.3) is 0 Å². The van der Waals surface area contributed by atoms with E-state index in [1.807, 2.05) is 60.7 Å². The van der Waals surface area contributed by atoms with E-state index in [0.717, 1.165) is 23.7 Å². The number of carbonyl (C=O) groups excluding carboxylic acids is 2. The maximum atomic E-state index is 11.6. The molecule has 0 aromatic heterocycles. The molecule has 0 saturated heterocycles. The van der Waals surface area contributed by atoms with E-state index < -0.39 is 0 Å². The molecule has 20 heavy (non-hydrogen) atoms. The third kappa shape index (κ3) is 3.41. The Hall–Kier alpha value is -2.22. The van der Waals surface area contributed by atoms with Crippen LogP contribution >= 0.6 is 0 Å². The number of aldehydes is 2. The highest BCUT2D eigenvalue weighted by Gasteiger charge is 2.23.